The molecule has 5 nitrogen and oxygen atoms in total. The minimum absolute atomic E-state index is 0. The number of halogens is 1. The molecular formula is C15H22ClNO4. The molecule has 0 radical (unpaired) electrons. The number of carboxylic acid groups (broad SMARTS) is 1. The van der Waals surface area contributed by atoms with E-state index in [-0.39, 0.29) is 18.0 Å². The van der Waals surface area contributed by atoms with Crippen molar-refractivity contribution in [2.75, 3.05) is 26.8 Å². The molecule has 2 rings (SSSR count). The molecule has 1 aromatic carbocycles. The second kappa shape index (κ2) is 8.74. The molecule has 21 heavy (non-hydrogen) atoms. The van der Waals surface area contributed by atoms with Gasteiger partial charge in [0.25, 0.3) is 0 Å². The lowest BCUT2D eigenvalue weighted by atomic mass is 10.0. The maximum Gasteiger partial charge on any atom is 0.335 e. The van der Waals surface area contributed by atoms with E-state index in [9.17, 15) is 4.79 Å². The van der Waals surface area contributed by atoms with Crippen molar-refractivity contribution in [3.05, 3.63) is 23.8 Å². The van der Waals surface area contributed by atoms with E-state index in [1.54, 1.807) is 6.07 Å². The molecule has 1 atom stereocenters. The predicted molar refractivity (Wildman–Crippen MR) is 82.9 cm³/mol. The van der Waals surface area contributed by atoms with Gasteiger partial charge in [-0.3, -0.25) is 0 Å². The Hall–Kier alpha value is -1.46. The number of ether oxygens (including phenoxy) is 2. The van der Waals surface area contributed by atoms with Crippen molar-refractivity contribution in [3.8, 4) is 11.5 Å². The summed E-state index contributed by atoms with van der Waals surface area (Å²) in [5.41, 5.74) is 0.200. The van der Waals surface area contributed by atoms with Crippen LogP contribution < -0.4 is 14.8 Å². The first-order chi connectivity index (χ1) is 9.70. The van der Waals surface area contributed by atoms with Gasteiger partial charge in [-0.25, -0.2) is 4.79 Å². The molecule has 0 aromatic heterocycles. The molecule has 1 aromatic rings. The molecule has 6 heteroatoms. The van der Waals surface area contributed by atoms with Gasteiger partial charge in [-0.05, 0) is 56.5 Å². The Labute approximate surface area is 131 Å². The second-order valence-electron chi connectivity index (χ2n) is 5.02. The molecule has 0 saturated carbocycles. The van der Waals surface area contributed by atoms with Crippen LogP contribution in [0.15, 0.2) is 18.2 Å². The summed E-state index contributed by atoms with van der Waals surface area (Å²) in [4.78, 5) is 10.9. The van der Waals surface area contributed by atoms with E-state index in [1.807, 2.05) is 0 Å². The van der Waals surface area contributed by atoms with Crippen molar-refractivity contribution >= 4 is 18.4 Å². The Morgan fingerprint density at radius 3 is 2.86 bits per heavy atom. The number of benzene rings is 1. The van der Waals surface area contributed by atoms with Gasteiger partial charge in [-0.2, -0.15) is 0 Å². The summed E-state index contributed by atoms with van der Waals surface area (Å²) in [5.74, 6) is 0.855. The fourth-order valence-corrected chi connectivity index (χ4v) is 2.43. The first kappa shape index (κ1) is 17.6. The van der Waals surface area contributed by atoms with Crippen LogP contribution in [0.1, 0.15) is 29.6 Å². The summed E-state index contributed by atoms with van der Waals surface area (Å²) < 4.78 is 10.9. The molecule has 1 fully saturated rings. The number of rotatable bonds is 7. The fourth-order valence-electron chi connectivity index (χ4n) is 2.43. The van der Waals surface area contributed by atoms with Crippen LogP contribution in [0.4, 0.5) is 0 Å². The summed E-state index contributed by atoms with van der Waals surface area (Å²) in [6.07, 6.45) is 3.40. The van der Waals surface area contributed by atoms with E-state index in [0.29, 0.717) is 18.1 Å². The maximum absolute atomic E-state index is 10.9. The van der Waals surface area contributed by atoms with Crippen molar-refractivity contribution in [3.63, 3.8) is 0 Å². The van der Waals surface area contributed by atoms with Gasteiger partial charge in [-0.1, -0.05) is 0 Å². The fraction of sp³-hybridized carbons (Fsp3) is 0.533. The van der Waals surface area contributed by atoms with Crippen molar-refractivity contribution in [1.29, 1.82) is 0 Å². The normalized spacial score (nSPS) is 17.1. The Bertz CT molecular complexity index is 461. The number of hydrogen-bond donors (Lipinski definition) is 2. The lowest BCUT2D eigenvalue weighted by molar-refractivity contribution is 0.0696. The lowest BCUT2D eigenvalue weighted by Gasteiger charge is -2.12. The van der Waals surface area contributed by atoms with Gasteiger partial charge < -0.3 is 19.9 Å². The van der Waals surface area contributed by atoms with E-state index < -0.39 is 5.97 Å². The SMILES string of the molecule is COc1cc(C(=O)O)ccc1OCCCC1CCNC1.Cl. The average Bonchev–Trinajstić information content (AvgIpc) is 2.96. The van der Waals surface area contributed by atoms with Crippen molar-refractivity contribution in [1.82, 2.24) is 5.32 Å². The maximum atomic E-state index is 10.9. The number of methoxy groups -OCH3 is 1. The van der Waals surface area contributed by atoms with Crippen LogP contribution in [0.3, 0.4) is 0 Å². The highest BCUT2D eigenvalue weighted by Crippen LogP contribution is 2.28. The van der Waals surface area contributed by atoms with Crippen molar-refractivity contribution in [2.45, 2.75) is 19.3 Å². The molecule has 1 aliphatic heterocycles. The molecule has 0 amide bonds. The third kappa shape index (κ3) is 5.10. The van der Waals surface area contributed by atoms with Gasteiger partial charge in [-0.15, -0.1) is 12.4 Å². The molecule has 2 N–H and O–H groups in total. The van der Waals surface area contributed by atoms with Crippen LogP contribution in [-0.4, -0.2) is 37.9 Å². The van der Waals surface area contributed by atoms with Gasteiger partial charge in [0.2, 0.25) is 0 Å². The van der Waals surface area contributed by atoms with Crippen LogP contribution in [0, 0.1) is 5.92 Å². The Kier molecular flexibility index (Phi) is 7.32. The molecule has 1 saturated heterocycles. The van der Waals surface area contributed by atoms with Crippen LogP contribution in [0.2, 0.25) is 0 Å². The quantitative estimate of drug-likeness (QED) is 0.757. The predicted octanol–water partition coefficient (Wildman–Crippen LogP) is 2.58. The number of carboxylic acids is 1. The molecule has 1 aliphatic rings. The number of aromatic carboxylic acids is 1. The molecule has 1 heterocycles. The highest BCUT2D eigenvalue weighted by atomic mass is 35.5. The zero-order chi connectivity index (χ0) is 14.4. The van der Waals surface area contributed by atoms with Crippen LogP contribution in [-0.2, 0) is 0 Å². The van der Waals surface area contributed by atoms with Gasteiger partial charge in [0.1, 0.15) is 0 Å². The Morgan fingerprint density at radius 1 is 1.43 bits per heavy atom. The van der Waals surface area contributed by atoms with E-state index in [4.69, 9.17) is 14.6 Å². The molecule has 1 unspecified atom stereocenters. The summed E-state index contributed by atoms with van der Waals surface area (Å²) in [6, 6.07) is 4.67. The molecule has 0 aliphatic carbocycles. The van der Waals surface area contributed by atoms with Crippen molar-refractivity contribution in [2.24, 2.45) is 5.92 Å². The minimum Gasteiger partial charge on any atom is -0.493 e. The number of nitrogens with one attached hydrogen (secondary N) is 1. The first-order valence-electron chi connectivity index (χ1n) is 6.95. The largest absolute Gasteiger partial charge is 0.493 e. The topological polar surface area (TPSA) is 67.8 Å². The van der Waals surface area contributed by atoms with E-state index in [1.165, 1.54) is 25.7 Å². The lowest BCUT2D eigenvalue weighted by Crippen LogP contribution is -2.10. The highest BCUT2D eigenvalue weighted by Gasteiger charge is 2.14. The van der Waals surface area contributed by atoms with Gasteiger partial charge in [0, 0.05) is 0 Å². The standard InChI is InChI=1S/C15H21NO4.ClH/c1-19-14-9-12(15(17)18)4-5-13(14)20-8-2-3-11-6-7-16-10-11;/h4-5,9,11,16H,2-3,6-8,10H2,1H3,(H,17,18);1H. The smallest absolute Gasteiger partial charge is 0.335 e. The minimum atomic E-state index is -0.969. The zero-order valence-corrected chi connectivity index (χ0v) is 12.9. The van der Waals surface area contributed by atoms with Gasteiger partial charge in [0.15, 0.2) is 11.5 Å². The highest BCUT2D eigenvalue weighted by molar-refractivity contribution is 5.88. The third-order valence-corrected chi connectivity index (χ3v) is 3.59. The summed E-state index contributed by atoms with van der Waals surface area (Å²) in [6.45, 7) is 2.85. The Balaban J connectivity index is 0.00000220. The van der Waals surface area contributed by atoms with Gasteiger partial charge >= 0.3 is 5.97 Å². The van der Waals surface area contributed by atoms with Crippen LogP contribution in [0.25, 0.3) is 0 Å². The summed E-state index contributed by atoms with van der Waals surface area (Å²) in [7, 11) is 1.51. The monoisotopic (exact) mass is 315 g/mol. The molecule has 118 valence electrons. The summed E-state index contributed by atoms with van der Waals surface area (Å²) in [5, 5.41) is 12.3. The van der Waals surface area contributed by atoms with Crippen LogP contribution >= 0.6 is 12.4 Å². The number of carbonyl (C=O) groups is 1. The molecule has 0 bridgehead atoms. The van der Waals surface area contributed by atoms with E-state index in [2.05, 4.69) is 5.32 Å². The van der Waals surface area contributed by atoms with Crippen LogP contribution in [0.5, 0.6) is 11.5 Å². The second-order valence-corrected chi connectivity index (χ2v) is 5.02. The van der Waals surface area contributed by atoms with Crippen molar-refractivity contribution < 1.29 is 19.4 Å². The average molecular weight is 316 g/mol. The third-order valence-electron chi connectivity index (χ3n) is 3.59. The summed E-state index contributed by atoms with van der Waals surface area (Å²) >= 11 is 0. The van der Waals surface area contributed by atoms with Gasteiger partial charge in [0.05, 0.1) is 19.3 Å². The first-order valence-corrected chi connectivity index (χ1v) is 6.95. The zero-order valence-electron chi connectivity index (χ0n) is 12.1. The Morgan fingerprint density at radius 2 is 2.24 bits per heavy atom. The molecule has 0 spiro atoms. The number of hydrogen-bond acceptors (Lipinski definition) is 4. The van der Waals surface area contributed by atoms with E-state index >= 15 is 0 Å². The van der Waals surface area contributed by atoms with E-state index in [0.717, 1.165) is 31.8 Å². The molecular weight excluding hydrogens is 294 g/mol.